The molecule has 1 heterocycles. The van der Waals surface area contributed by atoms with E-state index in [9.17, 15) is 29.5 Å². The highest BCUT2D eigenvalue weighted by Crippen LogP contribution is 2.63. The summed E-state index contributed by atoms with van der Waals surface area (Å²) in [4.78, 5) is 49.0. The molecule has 10 aliphatic carbocycles. The first-order valence-corrected chi connectivity index (χ1v) is 23.0. The zero-order valence-electron chi connectivity index (χ0n) is 37.2. The van der Waals surface area contributed by atoms with Gasteiger partial charge in [0.25, 0.3) is 0 Å². The van der Waals surface area contributed by atoms with Crippen LogP contribution in [0.15, 0.2) is 0 Å². The second-order valence-electron chi connectivity index (χ2n) is 23.0. The fraction of sp³-hybridized carbons (Fsp3) is 0.907. The molecule has 11 fully saturated rings. The van der Waals surface area contributed by atoms with E-state index in [2.05, 4.69) is 19.9 Å². The Labute approximate surface area is 391 Å². The van der Waals surface area contributed by atoms with Crippen molar-refractivity contribution >= 4 is 23.9 Å². The fourth-order valence-electron chi connectivity index (χ4n) is 13.2. The summed E-state index contributed by atoms with van der Waals surface area (Å²) in [5, 5.41) is 20.0. The van der Waals surface area contributed by atoms with Gasteiger partial charge in [-0.05, 0) is 180 Å². The van der Waals surface area contributed by atoms with E-state index in [0.29, 0.717) is 42.9 Å². The van der Waals surface area contributed by atoms with E-state index in [0.717, 1.165) is 56.8 Å². The Morgan fingerprint density at radius 2 is 1.11 bits per heavy atom. The van der Waals surface area contributed by atoms with Gasteiger partial charge in [-0.3, -0.25) is 19.2 Å². The van der Waals surface area contributed by atoms with Gasteiger partial charge in [-0.25, -0.2) is 0 Å². The van der Waals surface area contributed by atoms with Gasteiger partial charge in [0, 0.05) is 18.3 Å². The van der Waals surface area contributed by atoms with Crippen molar-refractivity contribution in [1.82, 2.24) is 0 Å². The summed E-state index contributed by atoms with van der Waals surface area (Å²) in [6, 6.07) is 2.15. The van der Waals surface area contributed by atoms with Crippen LogP contribution in [0.5, 0.6) is 0 Å². The van der Waals surface area contributed by atoms with Crippen LogP contribution >= 0.6 is 0 Å². The quantitative estimate of drug-likeness (QED) is 0.175. The lowest BCUT2D eigenvalue weighted by Crippen LogP contribution is -2.61. The van der Waals surface area contributed by atoms with E-state index in [-0.39, 0.29) is 97.0 Å². The number of aliphatic hydroxyl groups is 1. The standard InChI is InChI=1S/C17H28O2.C16H26O3.C15H19NO4.6CH4/c1-5-16(2,3)15(18)19-17(4)13-7-11-6-12(9-13)10-14(17)8-11;1-4-14(2,3)13(17)19-16-8-11-5-12(9-16)7-15(18,6-11)10-16;1-4-14(2,3)12(17)19-10-8-5-9-11(10)20-13(18)15(9,6-8)7-16;;;;;;/h11-14H,5-10H2,1-4H3;11-12,18H,4-10H2,1-3H3;8-11H,4-6H2,1-3H3;6*1H4. The normalized spacial score (nSPS) is 39.3. The summed E-state index contributed by atoms with van der Waals surface area (Å²) in [6.07, 6.45) is 15.0. The third-order valence-electron chi connectivity index (χ3n) is 17.7. The molecule has 7 unspecified atom stereocenters. The van der Waals surface area contributed by atoms with Gasteiger partial charge < -0.3 is 24.1 Å². The molecule has 11 rings (SSSR count). The predicted octanol–water partition coefficient (Wildman–Crippen LogP) is 12.9. The van der Waals surface area contributed by atoms with Crippen LogP contribution in [-0.4, -0.2) is 58.0 Å². The molecule has 7 atom stereocenters. The highest BCUT2D eigenvalue weighted by atomic mass is 16.6. The van der Waals surface area contributed by atoms with Crippen molar-refractivity contribution in [2.45, 2.75) is 246 Å². The molecule has 0 spiro atoms. The molecule has 0 amide bonds. The van der Waals surface area contributed by atoms with E-state index in [1.807, 2.05) is 55.4 Å². The van der Waals surface area contributed by atoms with E-state index in [1.54, 1.807) is 0 Å². The average molecular weight is 904 g/mol. The Morgan fingerprint density at radius 1 is 0.672 bits per heavy atom. The molecular weight excluding hydrogens is 807 g/mol. The summed E-state index contributed by atoms with van der Waals surface area (Å²) in [7, 11) is 0. The summed E-state index contributed by atoms with van der Waals surface area (Å²) >= 11 is 0. The molecule has 0 radical (unpaired) electrons. The Balaban J connectivity index is 0.000000459. The highest BCUT2D eigenvalue weighted by Gasteiger charge is 2.72. The predicted molar refractivity (Wildman–Crippen MR) is 257 cm³/mol. The van der Waals surface area contributed by atoms with Crippen LogP contribution in [0.25, 0.3) is 0 Å². The summed E-state index contributed by atoms with van der Waals surface area (Å²) in [6.45, 7) is 19.9. The van der Waals surface area contributed by atoms with Gasteiger partial charge in [0.2, 0.25) is 0 Å². The molecule has 10 saturated carbocycles. The maximum Gasteiger partial charge on any atom is 0.327 e. The minimum Gasteiger partial charge on any atom is -0.459 e. The van der Waals surface area contributed by atoms with Crippen molar-refractivity contribution in [3.63, 3.8) is 0 Å². The second kappa shape index (κ2) is 20.3. The lowest BCUT2D eigenvalue weighted by atomic mass is 9.50. The zero-order valence-corrected chi connectivity index (χ0v) is 37.2. The molecule has 1 aliphatic heterocycles. The lowest BCUT2D eigenvalue weighted by Gasteiger charge is -2.59. The minimum atomic E-state index is -0.974. The molecule has 10 nitrogen and oxygen atoms in total. The zero-order chi connectivity index (χ0) is 42.4. The van der Waals surface area contributed by atoms with Crippen molar-refractivity contribution in [1.29, 1.82) is 5.26 Å². The number of fused-ring (bicyclic) bond motifs is 1. The molecule has 11 aliphatic rings. The first-order valence-electron chi connectivity index (χ1n) is 23.0. The van der Waals surface area contributed by atoms with Crippen molar-refractivity contribution < 1.29 is 43.2 Å². The van der Waals surface area contributed by atoms with Gasteiger partial charge in [0.1, 0.15) is 23.4 Å². The van der Waals surface area contributed by atoms with Crippen molar-refractivity contribution in [3.8, 4) is 6.07 Å². The molecule has 64 heavy (non-hydrogen) atoms. The number of ether oxygens (including phenoxy) is 4. The number of esters is 4. The topological polar surface area (TPSA) is 149 Å². The van der Waals surface area contributed by atoms with Crippen molar-refractivity contribution in [2.75, 3.05) is 0 Å². The van der Waals surface area contributed by atoms with E-state index in [4.69, 9.17) is 18.9 Å². The van der Waals surface area contributed by atoms with Gasteiger partial charge in [-0.2, -0.15) is 5.26 Å². The number of rotatable bonds is 9. The highest BCUT2D eigenvalue weighted by molar-refractivity contribution is 5.85. The smallest absolute Gasteiger partial charge is 0.327 e. The third-order valence-corrected chi connectivity index (χ3v) is 17.7. The molecule has 372 valence electrons. The Kier molecular flexibility index (Phi) is 18.8. The number of nitriles is 1. The molecule has 0 aromatic carbocycles. The van der Waals surface area contributed by atoms with Gasteiger partial charge in [0.05, 0.1) is 27.9 Å². The van der Waals surface area contributed by atoms with Crippen LogP contribution in [0.1, 0.15) is 217 Å². The van der Waals surface area contributed by atoms with E-state index >= 15 is 0 Å². The van der Waals surface area contributed by atoms with Crippen LogP contribution in [0.4, 0.5) is 0 Å². The first-order chi connectivity index (χ1) is 27.0. The average Bonchev–Trinajstić information content (AvgIpc) is 3.75. The molecule has 1 saturated heterocycles. The van der Waals surface area contributed by atoms with Gasteiger partial charge >= 0.3 is 23.9 Å². The van der Waals surface area contributed by atoms with Gasteiger partial charge in [-0.15, -0.1) is 0 Å². The molecule has 0 aromatic heterocycles. The maximum absolute atomic E-state index is 12.5. The number of carbonyl (C=O) groups is 4. The fourth-order valence-corrected chi connectivity index (χ4v) is 13.2. The Morgan fingerprint density at radius 3 is 1.55 bits per heavy atom. The molecule has 0 aromatic rings. The van der Waals surface area contributed by atoms with Crippen LogP contribution < -0.4 is 0 Å². The Bertz CT molecular complexity index is 1650. The summed E-state index contributed by atoms with van der Waals surface area (Å²) in [5.41, 5.74) is -3.33. The monoisotopic (exact) mass is 904 g/mol. The van der Waals surface area contributed by atoms with Crippen LogP contribution in [-0.2, 0) is 38.1 Å². The maximum atomic E-state index is 12.5. The number of hydrogen-bond acceptors (Lipinski definition) is 10. The second-order valence-corrected chi connectivity index (χ2v) is 23.0. The SMILES string of the molecule is C.C.C.C.C.C.CCC(C)(C)C(=O)OC1(C)C2CC3CC(C2)CC1C3.CCC(C)(C)C(=O)OC12CC3CC(CC(O)(C3)C1)C2.CCC(C)(C)C(=O)OC1C2CC3C1OC(=O)C3(C#N)C2. The Hall–Kier alpha value is -2.67. The molecular formula is C54H97NO9. The third kappa shape index (κ3) is 10.3. The van der Waals surface area contributed by atoms with E-state index in [1.165, 1.54) is 38.5 Å². The number of nitrogens with zero attached hydrogens (tertiary/aromatic N) is 1. The van der Waals surface area contributed by atoms with Gasteiger partial charge in [0.15, 0.2) is 5.41 Å². The van der Waals surface area contributed by atoms with E-state index < -0.39 is 33.9 Å². The number of carbonyl (C=O) groups excluding carboxylic acids is 4. The lowest BCUT2D eigenvalue weighted by molar-refractivity contribution is -0.225. The first kappa shape index (κ1) is 59.3. The van der Waals surface area contributed by atoms with Crippen LogP contribution in [0, 0.1) is 80.3 Å². The van der Waals surface area contributed by atoms with Crippen molar-refractivity contribution in [2.24, 2.45) is 69.0 Å². The number of hydrogen-bond donors (Lipinski definition) is 1. The minimum absolute atomic E-state index is 0. The van der Waals surface area contributed by atoms with Crippen molar-refractivity contribution in [3.05, 3.63) is 0 Å². The largest absolute Gasteiger partial charge is 0.459 e. The van der Waals surface area contributed by atoms with Crippen LogP contribution in [0.3, 0.4) is 0 Å². The summed E-state index contributed by atoms with van der Waals surface area (Å²) < 4.78 is 23.1. The van der Waals surface area contributed by atoms with Crippen LogP contribution in [0.2, 0.25) is 0 Å². The van der Waals surface area contributed by atoms with Gasteiger partial charge in [-0.1, -0.05) is 65.3 Å². The molecule has 10 heteroatoms. The molecule has 10 bridgehead atoms. The molecule has 1 N–H and O–H groups in total. The summed E-state index contributed by atoms with van der Waals surface area (Å²) in [5.74, 6) is 3.45.